The molecule has 0 atom stereocenters. The van der Waals surface area contributed by atoms with Gasteiger partial charge in [-0.1, -0.05) is 103 Å². The van der Waals surface area contributed by atoms with Gasteiger partial charge in [0.05, 0.1) is 11.3 Å². The lowest BCUT2D eigenvalue weighted by atomic mass is 9.98. The number of nitriles is 1. The summed E-state index contributed by atoms with van der Waals surface area (Å²) >= 11 is 0. The molecule has 5 rings (SSSR count). The minimum Gasteiger partial charge on any atom is -0.478 e. The van der Waals surface area contributed by atoms with Crippen molar-refractivity contribution in [3.8, 4) is 28.5 Å². The van der Waals surface area contributed by atoms with E-state index in [9.17, 15) is 15.2 Å². The minimum absolute atomic E-state index is 0.208. The van der Waals surface area contributed by atoms with Crippen LogP contribution in [0.15, 0.2) is 120 Å². The Balaban J connectivity index is 1.76. The fraction of sp³-hybridized carbons (Fsp3) is 0.0312. The van der Waals surface area contributed by atoms with Gasteiger partial charge in [0.15, 0.2) is 5.82 Å². The molecule has 178 valence electrons. The zero-order chi connectivity index (χ0) is 25.6. The molecule has 5 heteroatoms. The molecule has 1 aromatic heterocycles. The molecule has 0 bridgehead atoms. The van der Waals surface area contributed by atoms with Gasteiger partial charge in [-0.3, -0.25) is 0 Å². The monoisotopic (exact) mass is 481 g/mol. The largest absolute Gasteiger partial charge is 0.478 e. The lowest BCUT2D eigenvalue weighted by molar-refractivity contribution is 0.0697. The van der Waals surface area contributed by atoms with Crippen molar-refractivity contribution >= 4 is 18.0 Å². The highest BCUT2D eigenvalue weighted by molar-refractivity contribution is 5.93. The van der Waals surface area contributed by atoms with E-state index in [0.29, 0.717) is 17.9 Å². The first kappa shape index (κ1) is 23.5. The van der Waals surface area contributed by atoms with Gasteiger partial charge < -0.3 is 9.67 Å². The van der Waals surface area contributed by atoms with Crippen molar-refractivity contribution in [2.45, 2.75) is 6.54 Å². The van der Waals surface area contributed by atoms with Gasteiger partial charge >= 0.3 is 5.97 Å². The fourth-order valence-electron chi connectivity index (χ4n) is 4.40. The summed E-state index contributed by atoms with van der Waals surface area (Å²) in [5.74, 6) is -0.432. The lowest BCUT2D eigenvalue weighted by Crippen LogP contribution is -2.02. The molecule has 0 fully saturated rings. The van der Waals surface area contributed by atoms with Crippen LogP contribution in [0.25, 0.3) is 22.4 Å². The van der Waals surface area contributed by atoms with Crippen molar-refractivity contribution in [1.29, 1.82) is 5.26 Å². The molecule has 0 amide bonds. The Labute approximate surface area is 215 Å². The van der Waals surface area contributed by atoms with E-state index < -0.39 is 5.97 Å². The van der Waals surface area contributed by atoms with Gasteiger partial charge in [-0.25, -0.2) is 9.79 Å². The molecule has 0 aliphatic rings. The maximum Gasteiger partial charge on any atom is 0.335 e. The summed E-state index contributed by atoms with van der Waals surface area (Å²) in [7, 11) is 0. The molecular formula is C32H23N3O2. The first-order valence-corrected chi connectivity index (χ1v) is 11.8. The van der Waals surface area contributed by atoms with E-state index >= 15 is 0 Å². The summed E-state index contributed by atoms with van der Waals surface area (Å²) in [6, 6.07) is 39.0. The zero-order valence-electron chi connectivity index (χ0n) is 20.0. The van der Waals surface area contributed by atoms with Crippen molar-refractivity contribution in [3.05, 3.63) is 138 Å². The average molecular weight is 482 g/mol. The van der Waals surface area contributed by atoms with Gasteiger partial charge in [-0.2, -0.15) is 5.26 Å². The van der Waals surface area contributed by atoms with Gasteiger partial charge in [-0.15, -0.1) is 0 Å². The number of rotatable bonds is 7. The summed E-state index contributed by atoms with van der Waals surface area (Å²) in [5, 5.41) is 19.6. The standard InChI is InChI=1S/C32H23N3O2/c33-20-28-29(25-12-6-2-7-13-25)30(26-14-8-3-9-15-26)35(22-24-10-4-1-5-11-24)31(28)34-21-23-16-18-27(19-17-23)32(36)37/h1-19,21H,22H2,(H,36,37)/b34-21+. The maximum atomic E-state index is 11.2. The average Bonchev–Trinajstić information content (AvgIpc) is 3.26. The molecule has 0 unspecified atom stereocenters. The van der Waals surface area contributed by atoms with E-state index in [-0.39, 0.29) is 5.56 Å². The Morgan fingerprint density at radius 2 is 1.38 bits per heavy atom. The predicted octanol–water partition coefficient (Wildman–Crippen LogP) is 7.19. The molecule has 1 N–H and O–H groups in total. The number of aliphatic imine (C=N–C) groups is 1. The van der Waals surface area contributed by atoms with Gasteiger partial charge in [0.1, 0.15) is 11.6 Å². The summed E-state index contributed by atoms with van der Waals surface area (Å²) in [5.41, 5.74) is 6.19. The summed E-state index contributed by atoms with van der Waals surface area (Å²) in [6.07, 6.45) is 1.67. The van der Waals surface area contributed by atoms with E-state index in [4.69, 9.17) is 4.99 Å². The maximum absolute atomic E-state index is 11.2. The van der Waals surface area contributed by atoms with Crippen LogP contribution in [0.5, 0.6) is 0 Å². The van der Waals surface area contributed by atoms with Crippen LogP contribution in [0.4, 0.5) is 5.82 Å². The molecule has 37 heavy (non-hydrogen) atoms. The zero-order valence-corrected chi connectivity index (χ0v) is 20.0. The molecule has 4 aromatic carbocycles. The highest BCUT2D eigenvalue weighted by Gasteiger charge is 2.25. The first-order valence-electron chi connectivity index (χ1n) is 11.8. The third-order valence-electron chi connectivity index (χ3n) is 6.13. The Bertz CT molecular complexity index is 1600. The van der Waals surface area contributed by atoms with Crippen molar-refractivity contribution in [2.75, 3.05) is 0 Å². The van der Waals surface area contributed by atoms with E-state index in [1.54, 1.807) is 30.5 Å². The number of hydrogen-bond acceptors (Lipinski definition) is 3. The molecule has 0 saturated heterocycles. The molecule has 5 nitrogen and oxygen atoms in total. The van der Waals surface area contributed by atoms with Gasteiger partial charge in [-0.05, 0) is 34.4 Å². The number of carbonyl (C=O) groups is 1. The van der Waals surface area contributed by atoms with Crippen molar-refractivity contribution in [3.63, 3.8) is 0 Å². The highest BCUT2D eigenvalue weighted by Crippen LogP contribution is 2.43. The summed E-state index contributed by atoms with van der Waals surface area (Å²) in [4.78, 5) is 16.0. The second-order valence-electron chi connectivity index (χ2n) is 8.52. The fourth-order valence-corrected chi connectivity index (χ4v) is 4.40. The molecule has 0 aliphatic heterocycles. The number of carboxylic acid groups (broad SMARTS) is 1. The Hall–Kier alpha value is -5.21. The van der Waals surface area contributed by atoms with Crippen LogP contribution in [0, 0.1) is 11.3 Å². The predicted molar refractivity (Wildman–Crippen MR) is 146 cm³/mol. The van der Waals surface area contributed by atoms with E-state index in [2.05, 4.69) is 22.8 Å². The lowest BCUT2D eigenvalue weighted by Gasteiger charge is -2.14. The first-order chi connectivity index (χ1) is 18.2. The van der Waals surface area contributed by atoms with Crippen molar-refractivity contribution in [2.24, 2.45) is 4.99 Å². The van der Waals surface area contributed by atoms with Crippen LogP contribution in [-0.2, 0) is 6.54 Å². The van der Waals surface area contributed by atoms with Crippen molar-refractivity contribution in [1.82, 2.24) is 4.57 Å². The second kappa shape index (κ2) is 10.6. The molecular weight excluding hydrogens is 458 g/mol. The number of aromatic nitrogens is 1. The van der Waals surface area contributed by atoms with Crippen LogP contribution in [0.3, 0.4) is 0 Å². The van der Waals surface area contributed by atoms with E-state index in [0.717, 1.165) is 33.5 Å². The summed E-state index contributed by atoms with van der Waals surface area (Å²) in [6.45, 7) is 0.525. The van der Waals surface area contributed by atoms with Crippen LogP contribution in [-0.4, -0.2) is 21.9 Å². The Morgan fingerprint density at radius 1 is 0.811 bits per heavy atom. The quantitative estimate of drug-likeness (QED) is 0.250. The number of hydrogen-bond donors (Lipinski definition) is 1. The smallest absolute Gasteiger partial charge is 0.335 e. The molecule has 5 aromatic rings. The Kier molecular flexibility index (Phi) is 6.74. The third-order valence-corrected chi connectivity index (χ3v) is 6.13. The number of benzene rings is 4. The number of aromatic carboxylic acids is 1. The number of carboxylic acids is 1. The molecule has 0 spiro atoms. The Morgan fingerprint density at radius 3 is 1.95 bits per heavy atom. The molecule has 0 radical (unpaired) electrons. The van der Waals surface area contributed by atoms with E-state index in [1.165, 1.54) is 0 Å². The topological polar surface area (TPSA) is 78.4 Å². The third kappa shape index (κ3) is 4.95. The van der Waals surface area contributed by atoms with Crippen LogP contribution < -0.4 is 0 Å². The molecule has 1 heterocycles. The molecule has 0 aliphatic carbocycles. The normalized spacial score (nSPS) is 10.9. The van der Waals surface area contributed by atoms with E-state index in [1.807, 2.05) is 78.9 Å². The second-order valence-corrected chi connectivity index (χ2v) is 8.52. The SMILES string of the molecule is N#Cc1c(-c2ccccc2)c(-c2ccccc2)n(Cc2ccccc2)c1/N=C/c1ccc(C(=O)O)cc1. The van der Waals surface area contributed by atoms with Gasteiger partial charge in [0, 0.05) is 18.3 Å². The van der Waals surface area contributed by atoms with Crippen molar-refractivity contribution < 1.29 is 9.90 Å². The highest BCUT2D eigenvalue weighted by atomic mass is 16.4. The number of nitrogens with zero attached hydrogens (tertiary/aromatic N) is 3. The van der Waals surface area contributed by atoms with Crippen LogP contribution >= 0.6 is 0 Å². The molecule has 0 saturated carbocycles. The van der Waals surface area contributed by atoms with Gasteiger partial charge in [0.25, 0.3) is 0 Å². The van der Waals surface area contributed by atoms with Crippen LogP contribution in [0.1, 0.15) is 27.0 Å². The van der Waals surface area contributed by atoms with Gasteiger partial charge in [0.2, 0.25) is 0 Å². The minimum atomic E-state index is -0.980. The van der Waals surface area contributed by atoms with Crippen LogP contribution in [0.2, 0.25) is 0 Å². The summed E-state index contributed by atoms with van der Waals surface area (Å²) < 4.78 is 2.09.